The van der Waals surface area contributed by atoms with Gasteiger partial charge in [-0.15, -0.1) is 0 Å². The third-order valence-corrected chi connectivity index (χ3v) is 3.98. The average molecular weight is 302 g/mol. The van der Waals surface area contributed by atoms with Crippen molar-refractivity contribution in [2.45, 2.75) is 24.8 Å². The third kappa shape index (κ3) is 3.52. The second kappa shape index (κ2) is 5.68. The maximum Gasteiger partial charge on any atom is 0.242 e. The Kier molecular flexibility index (Phi) is 4.18. The summed E-state index contributed by atoms with van der Waals surface area (Å²) in [5.74, 6) is 1.03. The lowest BCUT2D eigenvalue weighted by molar-refractivity contribution is 0.452. The highest BCUT2D eigenvalue weighted by atomic mass is 35.5. The van der Waals surface area contributed by atoms with Crippen molar-refractivity contribution in [2.24, 2.45) is 0 Å². The fourth-order valence-electron chi connectivity index (χ4n) is 1.35. The van der Waals surface area contributed by atoms with Crippen molar-refractivity contribution in [3.05, 3.63) is 41.3 Å². The molecule has 0 unspecified atom stereocenters. The molecule has 6 nitrogen and oxygen atoms in total. The van der Waals surface area contributed by atoms with Crippen molar-refractivity contribution < 1.29 is 12.8 Å². The molecule has 0 amide bonds. The molecule has 0 aliphatic rings. The minimum Gasteiger partial charge on any atom is -0.444 e. The van der Waals surface area contributed by atoms with E-state index in [2.05, 4.69) is 14.7 Å². The van der Waals surface area contributed by atoms with Crippen LogP contribution in [-0.2, 0) is 23.0 Å². The number of hydrogen-bond acceptors (Lipinski definition) is 5. The summed E-state index contributed by atoms with van der Waals surface area (Å²) in [6.45, 7) is 1.92. The van der Waals surface area contributed by atoms with Crippen LogP contribution in [0.5, 0.6) is 0 Å². The van der Waals surface area contributed by atoms with Crippen LogP contribution in [0.3, 0.4) is 0 Å². The third-order valence-electron chi connectivity index (χ3n) is 2.37. The van der Waals surface area contributed by atoms with E-state index in [9.17, 15) is 8.42 Å². The Bertz CT molecular complexity index is 652. The van der Waals surface area contributed by atoms with Crippen molar-refractivity contribution >= 4 is 21.6 Å². The predicted octanol–water partition coefficient (Wildman–Crippen LogP) is 1.76. The zero-order valence-electron chi connectivity index (χ0n) is 10.1. The lowest BCUT2D eigenvalue weighted by atomic mass is 10.4. The Morgan fingerprint density at radius 2 is 2.11 bits per heavy atom. The number of halogens is 1. The molecule has 0 fully saturated rings. The van der Waals surface area contributed by atoms with Gasteiger partial charge < -0.3 is 4.42 Å². The molecule has 2 aromatic heterocycles. The number of sulfonamides is 1. The number of nitrogens with one attached hydrogen (secondary N) is 1. The van der Waals surface area contributed by atoms with Gasteiger partial charge >= 0.3 is 0 Å². The SMILES string of the molecule is CCc1cnc(CNS(=O)(=O)c2ccc(Cl)nc2)o1. The standard InChI is InChI=1S/C11H12ClN3O3S/c1-2-8-5-14-11(18-8)7-15-19(16,17)9-3-4-10(12)13-6-9/h3-6,15H,2,7H2,1H3. The van der Waals surface area contributed by atoms with Crippen molar-refractivity contribution in [1.29, 1.82) is 0 Å². The van der Waals surface area contributed by atoms with Gasteiger partial charge in [-0.05, 0) is 12.1 Å². The van der Waals surface area contributed by atoms with E-state index >= 15 is 0 Å². The molecule has 0 aliphatic carbocycles. The monoisotopic (exact) mass is 301 g/mol. The zero-order valence-corrected chi connectivity index (χ0v) is 11.7. The molecule has 0 saturated heterocycles. The smallest absolute Gasteiger partial charge is 0.242 e. The molecule has 102 valence electrons. The molecule has 0 atom stereocenters. The highest BCUT2D eigenvalue weighted by Crippen LogP contribution is 2.11. The summed E-state index contributed by atoms with van der Waals surface area (Å²) in [5, 5.41) is 0.235. The molecule has 1 N–H and O–H groups in total. The largest absolute Gasteiger partial charge is 0.444 e. The summed E-state index contributed by atoms with van der Waals surface area (Å²) < 4.78 is 31.5. The molecule has 2 heterocycles. The van der Waals surface area contributed by atoms with Gasteiger partial charge in [0.15, 0.2) is 0 Å². The van der Waals surface area contributed by atoms with Crippen LogP contribution in [0.4, 0.5) is 0 Å². The quantitative estimate of drug-likeness (QED) is 0.851. The highest BCUT2D eigenvalue weighted by molar-refractivity contribution is 7.89. The minimum absolute atomic E-state index is 0.00897. The summed E-state index contributed by atoms with van der Waals surface area (Å²) >= 11 is 5.60. The van der Waals surface area contributed by atoms with Crippen LogP contribution < -0.4 is 4.72 Å². The number of aromatic nitrogens is 2. The van der Waals surface area contributed by atoms with Crippen LogP contribution in [0.1, 0.15) is 18.6 Å². The van der Waals surface area contributed by atoms with E-state index in [1.165, 1.54) is 18.3 Å². The Labute approximate surface area is 115 Å². The number of rotatable bonds is 5. The maximum absolute atomic E-state index is 11.9. The van der Waals surface area contributed by atoms with Crippen LogP contribution in [-0.4, -0.2) is 18.4 Å². The maximum atomic E-state index is 11.9. The molecule has 0 bridgehead atoms. The molecule has 0 radical (unpaired) electrons. The number of nitrogens with zero attached hydrogens (tertiary/aromatic N) is 2. The van der Waals surface area contributed by atoms with Crippen LogP contribution in [0.2, 0.25) is 5.15 Å². The molecule has 0 aliphatic heterocycles. The Balaban J connectivity index is 2.07. The van der Waals surface area contributed by atoms with E-state index < -0.39 is 10.0 Å². The topological polar surface area (TPSA) is 85.1 Å². The van der Waals surface area contributed by atoms with Gasteiger partial charge in [0.1, 0.15) is 15.8 Å². The molecule has 0 saturated carbocycles. The molecule has 2 aromatic rings. The van der Waals surface area contributed by atoms with Crippen LogP contribution >= 0.6 is 11.6 Å². The number of hydrogen-bond donors (Lipinski definition) is 1. The summed E-state index contributed by atoms with van der Waals surface area (Å²) in [6, 6.07) is 2.79. The van der Waals surface area contributed by atoms with Gasteiger partial charge in [-0.3, -0.25) is 0 Å². The highest BCUT2D eigenvalue weighted by Gasteiger charge is 2.15. The van der Waals surface area contributed by atoms with Crippen LogP contribution in [0, 0.1) is 0 Å². The molecule has 2 rings (SSSR count). The van der Waals surface area contributed by atoms with E-state index in [4.69, 9.17) is 16.0 Å². The van der Waals surface area contributed by atoms with Crippen molar-refractivity contribution in [3.8, 4) is 0 Å². The van der Waals surface area contributed by atoms with E-state index in [1.54, 1.807) is 6.20 Å². The van der Waals surface area contributed by atoms with E-state index in [1.807, 2.05) is 6.92 Å². The molecule has 0 aromatic carbocycles. The van der Waals surface area contributed by atoms with Crippen molar-refractivity contribution in [2.75, 3.05) is 0 Å². The first-order valence-electron chi connectivity index (χ1n) is 5.56. The van der Waals surface area contributed by atoms with Crippen molar-refractivity contribution in [3.63, 3.8) is 0 Å². The number of pyridine rings is 1. The normalized spacial score (nSPS) is 11.7. The van der Waals surface area contributed by atoms with E-state index in [0.29, 0.717) is 18.1 Å². The van der Waals surface area contributed by atoms with E-state index in [-0.39, 0.29) is 16.6 Å². The van der Waals surface area contributed by atoms with Crippen LogP contribution in [0.25, 0.3) is 0 Å². The number of oxazole rings is 1. The average Bonchev–Trinajstić information content (AvgIpc) is 2.85. The molecule has 0 spiro atoms. The summed E-state index contributed by atoms with van der Waals surface area (Å²) in [6.07, 6.45) is 3.48. The lowest BCUT2D eigenvalue weighted by Gasteiger charge is -2.04. The van der Waals surface area contributed by atoms with Gasteiger partial charge in [-0.2, -0.15) is 0 Å². The van der Waals surface area contributed by atoms with Gasteiger partial charge in [0.25, 0.3) is 0 Å². The Morgan fingerprint density at radius 3 is 2.68 bits per heavy atom. The van der Waals surface area contributed by atoms with Gasteiger partial charge in [0.05, 0.1) is 12.7 Å². The van der Waals surface area contributed by atoms with E-state index in [0.717, 1.165) is 0 Å². The second-order valence-corrected chi connectivity index (χ2v) is 5.87. The predicted molar refractivity (Wildman–Crippen MR) is 69.2 cm³/mol. The van der Waals surface area contributed by atoms with Crippen molar-refractivity contribution in [1.82, 2.24) is 14.7 Å². The van der Waals surface area contributed by atoms with Crippen LogP contribution in [0.15, 0.2) is 33.8 Å². The zero-order chi connectivity index (χ0) is 13.9. The second-order valence-electron chi connectivity index (χ2n) is 3.72. The van der Waals surface area contributed by atoms with Gasteiger partial charge in [0, 0.05) is 12.6 Å². The first-order valence-corrected chi connectivity index (χ1v) is 7.42. The Hall–Kier alpha value is -1.44. The molecule has 19 heavy (non-hydrogen) atoms. The first-order chi connectivity index (χ1) is 9.01. The fourth-order valence-corrected chi connectivity index (χ4v) is 2.39. The van der Waals surface area contributed by atoms with Gasteiger partial charge in [-0.1, -0.05) is 18.5 Å². The fraction of sp³-hybridized carbons (Fsp3) is 0.273. The van der Waals surface area contributed by atoms with Gasteiger partial charge in [-0.25, -0.2) is 23.1 Å². The van der Waals surface area contributed by atoms with Gasteiger partial charge in [0.2, 0.25) is 15.9 Å². The first kappa shape index (κ1) is 14.0. The summed E-state index contributed by atoms with van der Waals surface area (Å²) in [5.41, 5.74) is 0. The lowest BCUT2D eigenvalue weighted by Crippen LogP contribution is -2.23. The minimum atomic E-state index is -3.64. The summed E-state index contributed by atoms with van der Waals surface area (Å²) in [7, 11) is -3.64. The molecular formula is C11H12ClN3O3S. The molecular weight excluding hydrogens is 290 g/mol. The summed E-state index contributed by atoms with van der Waals surface area (Å²) in [4.78, 5) is 7.73. The number of aryl methyl sites for hydroxylation is 1. The molecule has 8 heteroatoms. The Morgan fingerprint density at radius 1 is 1.32 bits per heavy atom.